The van der Waals surface area contributed by atoms with Crippen molar-refractivity contribution >= 4 is 23.2 Å². The zero-order valence-electron chi connectivity index (χ0n) is 6.01. The van der Waals surface area contributed by atoms with Crippen molar-refractivity contribution in [3.63, 3.8) is 0 Å². The molecule has 0 aliphatic heterocycles. The molecule has 0 aromatic carbocycles. The van der Waals surface area contributed by atoms with Crippen molar-refractivity contribution in [2.24, 2.45) is 0 Å². The third kappa shape index (κ3) is 2.38. The molecule has 0 saturated carbocycles. The Labute approximate surface area is 80.1 Å². The number of hydrogen-bond donors (Lipinski definition) is 1. The normalized spacial score (nSPS) is 8.92. The zero-order valence-corrected chi connectivity index (χ0v) is 7.52. The lowest BCUT2D eigenvalue weighted by Crippen LogP contribution is -1.83. The van der Waals surface area contributed by atoms with Crippen LogP contribution in [0.1, 0.15) is 5.56 Å². The lowest BCUT2D eigenvalue weighted by Gasteiger charge is -1.93. The maximum absolute atomic E-state index is 8.41. The van der Waals surface area contributed by atoms with E-state index in [2.05, 4.69) is 16.8 Å². The average Bonchev–Trinajstić information content (AvgIpc) is 2.03. The van der Waals surface area contributed by atoms with Crippen LogP contribution < -0.4 is 0 Å². The quantitative estimate of drug-likeness (QED) is 0.513. The highest BCUT2D eigenvalue weighted by atomic mass is 35.5. The molecule has 4 heteroatoms. The molecule has 1 N–H and O–H groups in total. The third-order valence-corrected chi connectivity index (χ3v) is 1.62. The molecule has 1 rings (SSSR count). The average molecular weight is 202 g/mol. The number of pyridine rings is 1. The van der Waals surface area contributed by atoms with Crippen molar-refractivity contribution < 1.29 is 5.11 Å². The fourth-order valence-electron chi connectivity index (χ4n) is 0.640. The summed E-state index contributed by atoms with van der Waals surface area (Å²) in [5.74, 6) is 5.10. The van der Waals surface area contributed by atoms with E-state index in [4.69, 9.17) is 28.3 Å². The molecular formula is C8H5Cl2NO. The van der Waals surface area contributed by atoms with Crippen molar-refractivity contribution in [1.82, 2.24) is 4.98 Å². The van der Waals surface area contributed by atoms with E-state index in [0.29, 0.717) is 10.7 Å². The summed E-state index contributed by atoms with van der Waals surface area (Å²) in [6.45, 7) is -0.195. The van der Waals surface area contributed by atoms with Crippen molar-refractivity contribution in [2.75, 3.05) is 6.61 Å². The van der Waals surface area contributed by atoms with E-state index in [1.807, 2.05) is 0 Å². The van der Waals surface area contributed by atoms with Gasteiger partial charge in [0.05, 0.1) is 5.56 Å². The first-order chi connectivity index (χ1) is 5.74. The second-order valence-electron chi connectivity index (χ2n) is 1.93. The van der Waals surface area contributed by atoms with E-state index >= 15 is 0 Å². The van der Waals surface area contributed by atoms with Gasteiger partial charge in [-0.05, 0) is 12.1 Å². The van der Waals surface area contributed by atoms with Crippen molar-refractivity contribution in [3.8, 4) is 11.8 Å². The summed E-state index contributed by atoms with van der Waals surface area (Å²) in [6, 6.07) is 3.25. The molecule has 12 heavy (non-hydrogen) atoms. The molecule has 1 aromatic heterocycles. The minimum absolute atomic E-state index is 0.195. The smallest absolute Gasteiger partial charge is 0.146 e. The van der Waals surface area contributed by atoms with E-state index in [1.54, 1.807) is 12.1 Å². The lowest BCUT2D eigenvalue weighted by atomic mass is 10.3. The summed E-state index contributed by atoms with van der Waals surface area (Å²) >= 11 is 11.2. The predicted octanol–water partition coefficient (Wildman–Crippen LogP) is 1.73. The molecule has 0 atom stereocenters. The molecule has 0 aliphatic rings. The Hall–Kier alpha value is -0.750. The highest BCUT2D eigenvalue weighted by molar-refractivity contribution is 6.33. The maximum atomic E-state index is 8.41. The van der Waals surface area contributed by atoms with Gasteiger partial charge in [-0.25, -0.2) is 4.98 Å². The topological polar surface area (TPSA) is 33.1 Å². The van der Waals surface area contributed by atoms with Crippen molar-refractivity contribution in [2.45, 2.75) is 0 Å². The van der Waals surface area contributed by atoms with Gasteiger partial charge in [-0.2, -0.15) is 0 Å². The van der Waals surface area contributed by atoms with Gasteiger partial charge in [-0.15, -0.1) is 0 Å². The molecule has 0 aliphatic carbocycles. The molecule has 2 nitrogen and oxygen atoms in total. The van der Waals surface area contributed by atoms with E-state index in [9.17, 15) is 0 Å². The number of hydrogen-bond acceptors (Lipinski definition) is 2. The Balaban J connectivity index is 3.01. The van der Waals surface area contributed by atoms with E-state index in [0.717, 1.165) is 0 Å². The molecule has 0 fully saturated rings. The molecule has 0 unspecified atom stereocenters. The molecule has 0 radical (unpaired) electrons. The molecule has 0 bridgehead atoms. The maximum Gasteiger partial charge on any atom is 0.146 e. The summed E-state index contributed by atoms with van der Waals surface area (Å²) < 4.78 is 0. The highest BCUT2D eigenvalue weighted by Crippen LogP contribution is 2.14. The van der Waals surface area contributed by atoms with Gasteiger partial charge in [0.25, 0.3) is 0 Å². The fourth-order valence-corrected chi connectivity index (χ4v) is 1.03. The van der Waals surface area contributed by atoms with Gasteiger partial charge in [0, 0.05) is 0 Å². The largest absolute Gasteiger partial charge is 0.384 e. The lowest BCUT2D eigenvalue weighted by molar-refractivity contribution is 0.350. The number of nitrogens with zero attached hydrogens (tertiary/aromatic N) is 1. The standard InChI is InChI=1S/C8H5Cl2NO/c9-7-4-3-6(2-1-5-12)8(10)11-7/h3-4,12H,5H2. The Morgan fingerprint density at radius 3 is 2.75 bits per heavy atom. The fraction of sp³-hybridized carbons (Fsp3) is 0.125. The van der Waals surface area contributed by atoms with Crippen LogP contribution >= 0.6 is 23.2 Å². The summed E-state index contributed by atoms with van der Waals surface area (Å²) in [5.41, 5.74) is 0.565. The number of halogens is 2. The first-order valence-electron chi connectivity index (χ1n) is 3.16. The van der Waals surface area contributed by atoms with Crippen LogP contribution in [0.4, 0.5) is 0 Å². The molecule has 0 spiro atoms. The summed E-state index contributed by atoms with van der Waals surface area (Å²) in [6.07, 6.45) is 0. The van der Waals surface area contributed by atoms with Crippen LogP contribution in [0.15, 0.2) is 12.1 Å². The molecule has 1 heterocycles. The molecule has 0 saturated heterocycles. The summed E-state index contributed by atoms with van der Waals surface area (Å²) in [4.78, 5) is 3.77. The summed E-state index contributed by atoms with van der Waals surface area (Å²) in [7, 11) is 0. The van der Waals surface area contributed by atoms with E-state index in [1.165, 1.54) is 0 Å². The summed E-state index contributed by atoms with van der Waals surface area (Å²) in [5, 5.41) is 8.99. The van der Waals surface area contributed by atoms with Crippen LogP contribution in [0.25, 0.3) is 0 Å². The molecule has 1 aromatic rings. The predicted molar refractivity (Wildman–Crippen MR) is 48.2 cm³/mol. The van der Waals surface area contributed by atoms with Gasteiger partial charge in [0.15, 0.2) is 0 Å². The molecule has 0 amide bonds. The van der Waals surface area contributed by atoms with Gasteiger partial charge in [-0.3, -0.25) is 0 Å². The first kappa shape index (κ1) is 9.34. The molecular weight excluding hydrogens is 197 g/mol. The van der Waals surface area contributed by atoms with Gasteiger partial charge in [-0.1, -0.05) is 35.0 Å². The zero-order chi connectivity index (χ0) is 8.97. The van der Waals surface area contributed by atoms with Crippen molar-refractivity contribution in [3.05, 3.63) is 28.0 Å². The number of aliphatic hydroxyl groups excluding tert-OH is 1. The number of aromatic nitrogens is 1. The van der Waals surface area contributed by atoms with Crippen LogP contribution in [-0.4, -0.2) is 16.7 Å². The van der Waals surface area contributed by atoms with Gasteiger partial charge in [0.1, 0.15) is 16.9 Å². The molecule has 62 valence electrons. The Morgan fingerprint density at radius 2 is 2.17 bits per heavy atom. The highest BCUT2D eigenvalue weighted by Gasteiger charge is 1.98. The van der Waals surface area contributed by atoms with Crippen LogP contribution in [0.2, 0.25) is 10.3 Å². The minimum Gasteiger partial charge on any atom is -0.384 e. The van der Waals surface area contributed by atoms with Gasteiger partial charge >= 0.3 is 0 Å². The second kappa shape index (κ2) is 4.32. The Morgan fingerprint density at radius 1 is 1.42 bits per heavy atom. The number of aliphatic hydroxyl groups is 1. The van der Waals surface area contributed by atoms with E-state index < -0.39 is 0 Å². The second-order valence-corrected chi connectivity index (χ2v) is 2.68. The Kier molecular flexibility index (Phi) is 3.36. The SMILES string of the molecule is OCC#Cc1ccc(Cl)nc1Cl. The van der Waals surface area contributed by atoms with Crippen LogP contribution in [0.5, 0.6) is 0 Å². The Bertz CT molecular complexity index is 341. The monoisotopic (exact) mass is 201 g/mol. The third-order valence-electron chi connectivity index (χ3n) is 1.12. The minimum atomic E-state index is -0.195. The van der Waals surface area contributed by atoms with Gasteiger partial charge < -0.3 is 5.11 Å². The van der Waals surface area contributed by atoms with Crippen LogP contribution in [0.3, 0.4) is 0 Å². The first-order valence-corrected chi connectivity index (χ1v) is 3.91. The van der Waals surface area contributed by atoms with Crippen molar-refractivity contribution in [1.29, 1.82) is 0 Å². The van der Waals surface area contributed by atoms with Gasteiger partial charge in [0.2, 0.25) is 0 Å². The number of rotatable bonds is 0. The van der Waals surface area contributed by atoms with Crippen LogP contribution in [0, 0.1) is 11.8 Å². The van der Waals surface area contributed by atoms with E-state index in [-0.39, 0.29) is 11.8 Å². The van der Waals surface area contributed by atoms with Crippen LogP contribution in [-0.2, 0) is 0 Å².